The van der Waals surface area contributed by atoms with Crippen LogP contribution >= 0.6 is 0 Å². The van der Waals surface area contributed by atoms with Gasteiger partial charge in [-0.05, 0) is 18.8 Å². The van der Waals surface area contributed by atoms with Gasteiger partial charge in [0.1, 0.15) is 0 Å². The van der Waals surface area contributed by atoms with Crippen LogP contribution < -0.4 is 0 Å². The number of alkyl halides is 3. The molecule has 0 saturated heterocycles. The van der Waals surface area contributed by atoms with E-state index in [-0.39, 0.29) is 0 Å². The van der Waals surface area contributed by atoms with E-state index in [2.05, 4.69) is 6.92 Å². The molecule has 1 atom stereocenters. The van der Waals surface area contributed by atoms with E-state index in [1.807, 2.05) is 0 Å². The molecule has 0 aromatic carbocycles. The largest absolute Gasteiger partial charge is 0.416 e. The normalized spacial score (nSPS) is 21.6. The molecular formula is C12H17F3. The quantitative estimate of drug-likeness (QED) is 0.603. The topological polar surface area (TPSA) is 0 Å². The van der Waals surface area contributed by atoms with E-state index >= 15 is 0 Å². The lowest BCUT2D eigenvalue weighted by Gasteiger charge is -2.17. The zero-order valence-electron chi connectivity index (χ0n) is 8.98. The summed E-state index contributed by atoms with van der Waals surface area (Å²) in [5, 5.41) is 0. The van der Waals surface area contributed by atoms with E-state index in [0.29, 0.717) is 12.3 Å². The molecule has 0 amide bonds. The third-order valence-corrected chi connectivity index (χ3v) is 2.69. The Labute approximate surface area is 88.9 Å². The average molecular weight is 218 g/mol. The van der Waals surface area contributed by atoms with E-state index in [4.69, 9.17) is 0 Å². The molecule has 0 bridgehead atoms. The molecule has 0 nitrogen and oxygen atoms in total. The lowest BCUT2D eigenvalue weighted by molar-refractivity contribution is -0.0887. The second kappa shape index (κ2) is 5.38. The van der Waals surface area contributed by atoms with Crippen LogP contribution in [-0.2, 0) is 0 Å². The van der Waals surface area contributed by atoms with E-state index in [1.54, 1.807) is 6.08 Å². The zero-order valence-corrected chi connectivity index (χ0v) is 8.98. The van der Waals surface area contributed by atoms with Crippen LogP contribution in [0.2, 0.25) is 0 Å². The number of halogens is 3. The first-order valence-corrected chi connectivity index (χ1v) is 5.49. The molecule has 0 aromatic heterocycles. The summed E-state index contributed by atoms with van der Waals surface area (Å²) < 4.78 is 36.8. The maximum absolute atomic E-state index is 12.3. The highest BCUT2D eigenvalue weighted by molar-refractivity contribution is 5.27. The van der Waals surface area contributed by atoms with Gasteiger partial charge in [-0.15, -0.1) is 0 Å². The lowest BCUT2D eigenvalue weighted by atomic mass is 9.92. The maximum atomic E-state index is 12.3. The van der Waals surface area contributed by atoms with Crippen LogP contribution in [0.15, 0.2) is 23.8 Å². The fourth-order valence-electron chi connectivity index (χ4n) is 1.75. The summed E-state index contributed by atoms with van der Waals surface area (Å²) >= 11 is 0. The summed E-state index contributed by atoms with van der Waals surface area (Å²) in [5.41, 5.74) is -0.491. The fourth-order valence-corrected chi connectivity index (χ4v) is 1.75. The number of hydrogen-bond acceptors (Lipinski definition) is 0. The van der Waals surface area contributed by atoms with Gasteiger partial charge in [0.2, 0.25) is 0 Å². The third-order valence-electron chi connectivity index (χ3n) is 2.69. The van der Waals surface area contributed by atoms with Crippen LogP contribution in [-0.4, -0.2) is 6.18 Å². The Balaban J connectivity index is 2.36. The highest BCUT2D eigenvalue weighted by Gasteiger charge is 2.32. The van der Waals surface area contributed by atoms with E-state index in [9.17, 15) is 13.2 Å². The van der Waals surface area contributed by atoms with Crippen LogP contribution in [0.4, 0.5) is 13.2 Å². The van der Waals surface area contributed by atoms with Crippen molar-refractivity contribution in [2.45, 2.75) is 45.2 Å². The average Bonchev–Trinajstić information content (AvgIpc) is 2.18. The molecule has 86 valence electrons. The summed E-state index contributed by atoms with van der Waals surface area (Å²) in [6.07, 6.45) is 5.04. The van der Waals surface area contributed by atoms with Crippen LogP contribution in [0.1, 0.15) is 39.0 Å². The monoisotopic (exact) mass is 218 g/mol. The molecule has 0 heterocycles. The lowest BCUT2D eigenvalue weighted by Crippen LogP contribution is -2.13. The summed E-state index contributed by atoms with van der Waals surface area (Å²) in [6.45, 7) is 2.12. The van der Waals surface area contributed by atoms with Gasteiger partial charge >= 0.3 is 6.18 Å². The molecule has 0 saturated carbocycles. The highest BCUT2D eigenvalue weighted by Crippen LogP contribution is 2.32. The Bertz CT molecular complexity index is 248. The Morgan fingerprint density at radius 1 is 1.33 bits per heavy atom. The van der Waals surface area contributed by atoms with Gasteiger partial charge in [-0.1, -0.05) is 44.4 Å². The summed E-state index contributed by atoms with van der Waals surface area (Å²) in [4.78, 5) is 0. The molecule has 1 rings (SSSR count). The Morgan fingerprint density at radius 3 is 2.53 bits per heavy atom. The van der Waals surface area contributed by atoms with Crippen LogP contribution in [0.5, 0.6) is 0 Å². The minimum Gasteiger partial charge on any atom is -0.166 e. The molecule has 0 spiro atoms. The van der Waals surface area contributed by atoms with Crippen molar-refractivity contribution in [1.29, 1.82) is 0 Å². The Morgan fingerprint density at radius 2 is 2.07 bits per heavy atom. The van der Waals surface area contributed by atoms with Crippen molar-refractivity contribution >= 4 is 0 Å². The molecule has 1 unspecified atom stereocenters. The van der Waals surface area contributed by atoms with Gasteiger partial charge < -0.3 is 0 Å². The third kappa shape index (κ3) is 4.10. The van der Waals surface area contributed by atoms with Crippen molar-refractivity contribution < 1.29 is 13.2 Å². The molecule has 0 fully saturated rings. The Kier molecular flexibility index (Phi) is 4.43. The van der Waals surface area contributed by atoms with Crippen molar-refractivity contribution in [3.63, 3.8) is 0 Å². The molecular weight excluding hydrogens is 201 g/mol. The standard InChI is InChI=1S/C12H17F3/c1-2-3-4-5-10-6-8-11(9-7-10)12(13,14)15/h6,8-10H,2-5,7H2,1H3. The molecule has 1 aliphatic carbocycles. The molecule has 1 aliphatic rings. The number of rotatable bonds is 4. The van der Waals surface area contributed by atoms with Crippen molar-refractivity contribution in [3.8, 4) is 0 Å². The van der Waals surface area contributed by atoms with Crippen molar-refractivity contribution in [2.75, 3.05) is 0 Å². The van der Waals surface area contributed by atoms with Crippen molar-refractivity contribution in [1.82, 2.24) is 0 Å². The zero-order chi connectivity index (χ0) is 11.3. The van der Waals surface area contributed by atoms with Crippen LogP contribution in [0.25, 0.3) is 0 Å². The molecule has 0 N–H and O–H groups in total. The van der Waals surface area contributed by atoms with E-state index in [0.717, 1.165) is 19.3 Å². The minimum atomic E-state index is -4.18. The van der Waals surface area contributed by atoms with Gasteiger partial charge in [0.15, 0.2) is 0 Å². The molecule has 0 aromatic rings. The first kappa shape index (κ1) is 12.3. The van der Waals surface area contributed by atoms with Crippen LogP contribution in [0, 0.1) is 5.92 Å². The van der Waals surface area contributed by atoms with Gasteiger partial charge in [-0.3, -0.25) is 0 Å². The van der Waals surface area contributed by atoms with Crippen molar-refractivity contribution in [3.05, 3.63) is 23.8 Å². The SMILES string of the molecule is CCCCCC1C=CC(C(F)(F)F)=CC1. The van der Waals surface area contributed by atoms with Gasteiger partial charge in [0.25, 0.3) is 0 Å². The predicted octanol–water partition coefficient (Wildman–Crippen LogP) is 4.63. The van der Waals surface area contributed by atoms with E-state index in [1.165, 1.54) is 18.6 Å². The molecule has 0 aliphatic heterocycles. The maximum Gasteiger partial charge on any atom is 0.416 e. The first-order chi connectivity index (χ1) is 7.04. The summed E-state index contributed by atoms with van der Waals surface area (Å²) in [7, 11) is 0. The fraction of sp³-hybridized carbons (Fsp3) is 0.667. The minimum absolute atomic E-state index is 0.308. The molecule has 3 heteroatoms. The second-order valence-corrected chi connectivity index (χ2v) is 4.01. The summed E-state index contributed by atoms with van der Waals surface area (Å²) in [5.74, 6) is 0.308. The number of allylic oxidation sites excluding steroid dienone is 4. The predicted molar refractivity (Wildman–Crippen MR) is 55.5 cm³/mol. The molecule has 0 radical (unpaired) electrons. The van der Waals surface area contributed by atoms with Crippen LogP contribution in [0.3, 0.4) is 0 Å². The highest BCUT2D eigenvalue weighted by atomic mass is 19.4. The van der Waals surface area contributed by atoms with E-state index < -0.39 is 11.7 Å². The van der Waals surface area contributed by atoms with Crippen molar-refractivity contribution in [2.24, 2.45) is 5.92 Å². The number of hydrogen-bond donors (Lipinski definition) is 0. The molecule has 15 heavy (non-hydrogen) atoms. The Hall–Kier alpha value is -0.730. The first-order valence-electron chi connectivity index (χ1n) is 5.49. The van der Waals surface area contributed by atoms with Gasteiger partial charge in [0, 0.05) is 0 Å². The van der Waals surface area contributed by atoms with Gasteiger partial charge in [-0.2, -0.15) is 13.2 Å². The second-order valence-electron chi connectivity index (χ2n) is 4.01. The number of unbranched alkanes of at least 4 members (excludes halogenated alkanes) is 2. The van der Waals surface area contributed by atoms with Gasteiger partial charge in [0.05, 0.1) is 5.57 Å². The van der Waals surface area contributed by atoms with Gasteiger partial charge in [-0.25, -0.2) is 0 Å². The summed E-state index contributed by atoms with van der Waals surface area (Å²) in [6, 6.07) is 0. The smallest absolute Gasteiger partial charge is 0.166 e.